The average molecular weight is 265 g/mol. The molecule has 0 bridgehead atoms. The first-order chi connectivity index (χ1) is 9.29. The maximum absolute atomic E-state index is 5.58. The lowest BCUT2D eigenvalue weighted by molar-refractivity contribution is 0.127. The molecule has 0 spiro atoms. The Morgan fingerprint density at radius 3 is 2.84 bits per heavy atom. The molecule has 1 heterocycles. The molecule has 1 aromatic rings. The highest BCUT2D eigenvalue weighted by atomic mass is 16.6. The summed E-state index contributed by atoms with van der Waals surface area (Å²) in [5, 5.41) is 3.45. The van der Waals surface area contributed by atoms with Gasteiger partial charge in [-0.05, 0) is 44.5 Å². The lowest BCUT2D eigenvalue weighted by Crippen LogP contribution is -2.32. The van der Waals surface area contributed by atoms with Crippen molar-refractivity contribution in [3.05, 3.63) is 23.8 Å². The minimum absolute atomic E-state index is 0.386. The molecule has 4 nitrogen and oxygen atoms in total. The number of rotatable bonds is 7. The molecular weight excluding hydrogens is 242 g/mol. The van der Waals surface area contributed by atoms with E-state index in [9.17, 15) is 0 Å². The largest absolute Gasteiger partial charge is 0.486 e. The second-order valence-corrected chi connectivity index (χ2v) is 4.74. The molecule has 1 aliphatic heterocycles. The zero-order chi connectivity index (χ0) is 13.5. The van der Waals surface area contributed by atoms with Gasteiger partial charge >= 0.3 is 0 Å². The first-order valence-electron chi connectivity index (χ1n) is 6.99. The molecule has 0 radical (unpaired) electrons. The minimum atomic E-state index is 0.386. The van der Waals surface area contributed by atoms with Crippen LogP contribution in [0.25, 0.3) is 0 Å². The van der Waals surface area contributed by atoms with Crippen LogP contribution in [0.2, 0.25) is 0 Å². The molecule has 0 saturated heterocycles. The summed E-state index contributed by atoms with van der Waals surface area (Å²) in [5.41, 5.74) is 1.26. The molecular formula is C15H23NO3. The first kappa shape index (κ1) is 14.2. The molecule has 4 heteroatoms. The van der Waals surface area contributed by atoms with Gasteiger partial charge in [-0.15, -0.1) is 0 Å². The van der Waals surface area contributed by atoms with E-state index in [2.05, 4.69) is 24.4 Å². The Bertz CT molecular complexity index is 395. The van der Waals surface area contributed by atoms with E-state index in [0.29, 0.717) is 19.3 Å². The van der Waals surface area contributed by atoms with Crippen LogP contribution in [0.1, 0.15) is 19.4 Å². The topological polar surface area (TPSA) is 39.7 Å². The molecule has 0 saturated carbocycles. The molecule has 1 unspecified atom stereocenters. The van der Waals surface area contributed by atoms with E-state index in [1.54, 1.807) is 0 Å². The molecule has 1 N–H and O–H groups in total. The van der Waals surface area contributed by atoms with Gasteiger partial charge in [0, 0.05) is 12.6 Å². The van der Waals surface area contributed by atoms with Crippen LogP contribution in [0.3, 0.4) is 0 Å². The Hall–Kier alpha value is -1.26. The lowest BCUT2D eigenvalue weighted by atomic mass is 10.1. The fraction of sp³-hybridized carbons (Fsp3) is 0.600. The molecule has 0 fully saturated rings. The van der Waals surface area contributed by atoms with E-state index >= 15 is 0 Å². The summed E-state index contributed by atoms with van der Waals surface area (Å²) in [6, 6.07) is 6.55. The van der Waals surface area contributed by atoms with Crippen LogP contribution in [0, 0.1) is 0 Å². The fourth-order valence-electron chi connectivity index (χ4n) is 2.06. The summed E-state index contributed by atoms with van der Waals surface area (Å²) in [5.74, 6) is 1.72. The summed E-state index contributed by atoms with van der Waals surface area (Å²) in [7, 11) is 0. The first-order valence-corrected chi connectivity index (χ1v) is 6.99. The molecule has 19 heavy (non-hydrogen) atoms. The van der Waals surface area contributed by atoms with Gasteiger partial charge in [0.05, 0.1) is 6.61 Å². The van der Waals surface area contributed by atoms with E-state index in [4.69, 9.17) is 14.2 Å². The van der Waals surface area contributed by atoms with Crippen LogP contribution < -0.4 is 14.8 Å². The molecule has 2 rings (SSSR count). The molecule has 0 aliphatic carbocycles. The van der Waals surface area contributed by atoms with Crippen molar-refractivity contribution in [1.29, 1.82) is 0 Å². The Morgan fingerprint density at radius 1 is 1.26 bits per heavy atom. The summed E-state index contributed by atoms with van der Waals surface area (Å²) >= 11 is 0. The fourth-order valence-corrected chi connectivity index (χ4v) is 2.06. The minimum Gasteiger partial charge on any atom is -0.486 e. The van der Waals surface area contributed by atoms with Crippen molar-refractivity contribution in [1.82, 2.24) is 5.32 Å². The SMILES string of the molecule is CCOCC(C)NCCc1ccc2c(c1)OCCO2. The summed E-state index contributed by atoms with van der Waals surface area (Å²) in [4.78, 5) is 0. The van der Waals surface area contributed by atoms with E-state index in [-0.39, 0.29) is 0 Å². The Kier molecular flexibility index (Phi) is 5.48. The third kappa shape index (κ3) is 4.40. The normalized spacial score (nSPS) is 15.3. The van der Waals surface area contributed by atoms with Gasteiger partial charge < -0.3 is 19.5 Å². The summed E-state index contributed by atoms with van der Waals surface area (Å²) < 4.78 is 16.5. The Labute approximate surface area is 115 Å². The van der Waals surface area contributed by atoms with Crippen molar-refractivity contribution in [2.75, 3.05) is 33.0 Å². The third-order valence-corrected chi connectivity index (χ3v) is 3.09. The average Bonchev–Trinajstić information content (AvgIpc) is 2.45. The maximum atomic E-state index is 5.58. The van der Waals surface area contributed by atoms with Crippen molar-refractivity contribution in [3.63, 3.8) is 0 Å². The van der Waals surface area contributed by atoms with Gasteiger partial charge in [-0.1, -0.05) is 6.07 Å². The van der Waals surface area contributed by atoms with Gasteiger partial charge in [0.25, 0.3) is 0 Å². The lowest BCUT2D eigenvalue weighted by Gasteiger charge is -2.19. The predicted molar refractivity (Wildman–Crippen MR) is 75.1 cm³/mol. The monoisotopic (exact) mass is 265 g/mol. The van der Waals surface area contributed by atoms with Crippen LogP contribution in [-0.2, 0) is 11.2 Å². The second kappa shape index (κ2) is 7.36. The van der Waals surface area contributed by atoms with Crippen molar-refractivity contribution >= 4 is 0 Å². The highest BCUT2D eigenvalue weighted by Crippen LogP contribution is 2.30. The van der Waals surface area contributed by atoms with Crippen LogP contribution in [0.4, 0.5) is 0 Å². The quantitative estimate of drug-likeness (QED) is 0.818. The van der Waals surface area contributed by atoms with Crippen LogP contribution in [0.15, 0.2) is 18.2 Å². The van der Waals surface area contributed by atoms with Crippen LogP contribution in [0.5, 0.6) is 11.5 Å². The number of hydrogen-bond acceptors (Lipinski definition) is 4. The molecule has 106 valence electrons. The van der Waals surface area contributed by atoms with Crippen molar-refractivity contribution in [3.8, 4) is 11.5 Å². The highest BCUT2D eigenvalue weighted by molar-refractivity contribution is 5.43. The van der Waals surface area contributed by atoms with Gasteiger partial charge in [-0.2, -0.15) is 0 Å². The van der Waals surface area contributed by atoms with E-state index in [1.807, 2.05) is 13.0 Å². The standard InChI is InChI=1S/C15H23NO3/c1-3-17-11-12(2)16-7-6-13-4-5-14-15(10-13)19-9-8-18-14/h4-5,10,12,16H,3,6-9,11H2,1-2H3. The molecule has 1 atom stereocenters. The van der Waals surface area contributed by atoms with Gasteiger partial charge in [-0.25, -0.2) is 0 Å². The maximum Gasteiger partial charge on any atom is 0.161 e. The van der Waals surface area contributed by atoms with E-state index in [1.165, 1.54) is 5.56 Å². The van der Waals surface area contributed by atoms with Crippen molar-refractivity contribution in [2.24, 2.45) is 0 Å². The zero-order valence-electron chi connectivity index (χ0n) is 11.8. The molecule has 0 amide bonds. The third-order valence-electron chi connectivity index (χ3n) is 3.09. The predicted octanol–water partition coefficient (Wildman–Crippen LogP) is 2.01. The molecule has 1 aliphatic rings. The van der Waals surface area contributed by atoms with Gasteiger partial charge in [0.1, 0.15) is 13.2 Å². The van der Waals surface area contributed by atoms with Crippen molar-refractivity contribution in [2.45, 2.75) is 26.3 Å². The number of nitrogens with one attached hydrogen (secondary N) is 1. The Morgan fingerprint density at radius 2 is 2.05 bits per heavy atom. The number of benzene rings is 1. The van der Waals surface area contributed by atoms with Gasteiger partial charge in [0.2, 0.25) is 0 Å². The Balaban J connectivity index is 1.77. The highest BCUT2D eigenvalue weighted by Gasteiger charge is 2.11. The molecule has 1 aromatic carbocycles. The van der Waals surface area contributed by atoms with Gasteiger partial charge in [-0.3, -0.25) is 0 Å². The van der Waals surface area contributed by atoms with E-state index in [0.717, 1.165) is 37.7 Å². The number of hydrogen-bond donors (Lipinski definition) is 1. The molecule has 0 aromatic heterocycles. The van der Waals surface area contributed by atoms with Crippen LogP contribution in [-0.4, -0.2) is 39.0 Å². The van der Waals surface area contributed by atoms with Crippen molar-refractivity contribution < 1.29 is 14.2 Å². The number of fused-ring (bicyclic) bond motifs is 1. The van der Waals surface area contributed by atoms with Gasteiger partial charge in [0.15, 0.2) is 11.5 Å². The number of ether oxygens (including phenoxy) is 3. The van der Waals surface area contributed by atoms with Crippen LogP contribution >= 0.6 is 0 Å². The smallest absolute Gasteiger partial charge is 0.161 e. The zero-order valence-corrected chi connectivity index (χ0v) is 11.8. The van der Waals surface area contributed by atoms with E-state index < -0.39 is 0 Å². The second-order valence-electron chi connectivity index (χ2n) is 4.74. The summed E-state index contributed by atoms with van der Waals surface area (Å²) in [6.45, 7) is 7.91. The summed E-state index contributed by atoms with van der Waals surface area (Å²) in [6.07, 6.45) is 0.979.